The number of hydrogen-bond donors (Lipinski definition) is 0. The molecule has 0 N–H and O–H groups in total. The van der Waals surface area contributed by atoms with E-state index in [1.54, 1.807) is 0 Å². The lowest BCUT2D eigenvalue weighted by Gasteiger charge is -2.38. The van der Waals surface area contributed by atoms with Gasteiger partial charge in [-0.25, -0.2) is 0 Å². The van der Waals surface area contributed by atoms with Gasteiger partial charge in [-0.1, -0.05) is 47.5 Å². The number of halogens is 1. The molecule has 0 aliphatic heterocycles. The molecule has 0 saturated carbocycles. The van der Waals surface area contributed by atoms with Crippen LogP contribution in [0.2, 0.25) is 16.6 Å². The molecule has 1 aromatic heterocycles. The van der Waals surface area contributed by atoms with Gasteiger partial charge in [0.1, 0.15) is 8.07 Å². The standard InChI is InChI=1S/C19H32INSi/c1-14(2)22(15(3)4,16(5)6)11-10-17-12-21(13-18(17)20)19(7,8)9/h12-16H,1-9H3. The van der Waals surface area contributed by atoms with Crippen molar-refractivity contribution in [3.63, 3.8) is 0 Å². The summed E-state index contributed by atoms with van der Waals surface area (Å²) in [5.74, 6) is 3.57. The Morgan fingerprint density at radius 2 is 1.41 bits per heavy atom. The zero-order valence-corrected chi connectivity index (χ0v) is 18.9. The summed E-state index contributed by atoms with van der Waals surface area (Å²) < 4.78 is 3.54. The van der Waals surface area contributed by atoms with Gasteiger partial charge in [0.15, 0.2) is 0 Å². The first-order valence-corrected chi connectivity index (χ1v) is 11.6. The maximum Gasteiger partial charge on any atom is 0.146 e. The zero-order valence-electron chi connectivity index (χ0n) is 15.7. The summed E-state index contributed by atoms with van der Waals surface area (Å²) in [6.07, 6.45) is 4.43. The Balaban J connectivity index is 3.34. The van der Waals surface area contributed by atoms with Gasteiger partial charge in [0.25, 0.3) is 0 Å². The Hall–Kier alpha value is -0.213. The first-order valence-electron chi connectivity index (χ1n) is 8.34. The smallest absolute Gasteiger partial charge is 0.146 e. The van der Waals surface area contributed by atoms with Crippen molar-refractivity contribution in [2.75, 3.05) is 0 Å². The van der Waals surface area contributed by atoms with Crippen molar-refractivity contribution >= 4 is 30.7 Å². The Morgan fingerprint density at radius 1 is 0.955 bits per heavy atom. The number of aromatic nitrogens is 1. The fourth-order valence-corrected chi connectivity index (χ4v) is 9.31. The SMILES string of the molecule is CC(C)[Si](C#Cc1cn(C(C)(C)C)cc1I)(C(C)C)C(C)C. The minimum absolute atomic E-state index is 0.114. The number of rotatable bonds is 3. The molecule has 1 aromatic rings. The van der Waals surface area contributed by atoms with Crippen molar-refractivity contribution in [1.82, 2.24) is 4.57 Å². The van der Waals surface area contributed by atoms with E-state index in [2.05, 4.69) is 113 Å². The van der Waals surface area contributed by atoms with Gasteiger partial charge in [0.2, 0.25) is 0 Å². The maximum absolute atomic E-state index is 3.82. The predicted molar refractivity (Wildman–Crippen MR) is 110 cm³/mol. The van der Waals surface area contributed by atoms with E-state index in [1.807, 2.05) is 0 Å². The highest BCUT2D eigenvalue weighted by Crippen LogP contribution is 2.40. The van der Waals surface area contributed by atoms with E-state index >= 15 is 0 Å². The van der Waals surface area contributed by atoms with Crippen LogP contribution < -0.4 is 0 Å². The van der Waals surface area contributed by atoms with Gasteiger partial charge in [-0.15, -0.1) is 5.54 Å². The molecule has 0 aliphatic rings. The van der Waals surface area contributed by atoms with Crippen molar-refractivity contribution < 1.29 is 0 Å². The minimum Gasteiger partial charge on any atom is -0.347 e. The van der Waals surface area contributed by atoms with E-state index in [0.717, 1.165) is 0 Å². The topological polar surface area (TPSA) is 4.93 Å². The van der Waals surface area contributed by atoms with Crippen molar-refractivity contribution in [3.8, 4) is 11.5 Å². The third-order valence-electron chi connectivity index (χ3n) is 4.83. The minimum atomic E-state index is -1.64. The van der Waals surface area contributed by atoms with Crippen LogP contribution in [0.25, 0.3) is 0 Å². The molecule has 0 amide bonds. The fourth-order valence-electron chi connectivity index (χ4n) is 3.52. The molecule has 0 spiro atoms. The lowest BCUT2D eigenvalue weighted by molar-refractivity contribution is 0.398. The van der Waals surface area contributed by atoms with Crippen LogP contribution in [0.1, 0.15) is 67.9 Å². The van der Waals surface area contributed by atoms with Crippen LogP contribution in [-0.4, -0.2) is 12.6 Å². The molecule has 0 fully saturated rings. The summed E-state index contributed by atoms with van der Waals surface area (Å²) in [5, 5.41) is 0. The zero-order chi connectivity index (χ0) is 17.3. The van der Waals surface area contributed by atoms with Crippen LogP contribution in [0.5, 0.6) is 0 Å². The Kier molecular flexibility index (Phi) is 6.43. The van der Waals surface area contributed by atoms with E-state index in [-0.39, 0.29) is 5.54 Å². The second-order valence-corrected chi connectivity index (χ2v) is 15.0. The van der Waals surface area contributed by atoms with Crippen molar-refractivity contribution in [2.45, 2.75) is 84.5 Å². The van der Waals surface area contributed by atoms with E-state index in [4.69, 9.17) is 0 Å². The summed E-state index contributed by atoms with van der Waals surface area (Å²) in [5.41, 5.74) is 7.18. The third kappa shape index (κ3) is 4.00. The Morgan fingerprint density at radius 3 is 1.73 bits per heavy atom. The largest absolute Gasteiger partial charge is 0.347 e. The van der Waals surface area contributed by atoms with E-state index < -0.39 is 8.07 Å². The van der Waals surface area contributed by atoms with Gasteiger partial charge in [-0.3, -0.25) is 0 Å². The van der Waals surface area contributed by atoms with Crippen molar-refractivity contribution in [1.29, 1.82) is 0 Å². The highest BCUT2D eigenvalue weighted by atomic mass is 127. The first-order chi connectivity index (χ1) is 9.92. The summed E-state index contributed by atoms with van der Waals surface area (Å²) in [6, 6.07) is 0. The monoisotopic (exact) mass is 429 g/mol. The molecule has 0 aliphatic carbocycles. The average molecular weight is 429 g/mol. The second kappa shape index (κ2) is 7.13. The van der Waals surface area contributed by atoms with E-state index in [1.165, 1.54) is 9.13 Å². The first kappa shape index (κ1) is 19.8. The molecule has 1 rings (SSSR count). The van der Waals surface area contributed by atoms with Gasteiger partial charge in [0.05, 0.1) is 5.56 Å². The second-order valence-electron chi connectivity index (χ2n) is 8.25. The highest BCUT2D eigenvalue weighted by Gasteiger charge is 2.41. The number of nitrogens with zero attached hydrogens (tertiary/aromatic N) is 1. The summed E-state index contributed by atoms with van der Waals surface area (Å²) in [6.45, 7) is 20.9. The lowest BCUT2D eigenvalue weighted by atomic mass is 10.1. The Bertz CT molecular complexity index is 543. The molecule has 1 heterocycles. The van der Waals surface area contributed by atoms with E-state index in [0.29, 0.717) is 16.6 Å². The molecule has 1 nitrogen and oxygen atoms in total. The van der Waals surface area contributed by atoms with Gasteiger partial charge in [-0.05, 0) is 60.0 Å². The average Bonchev–Trinajstić information content (AvgIpc) is 2.70. The molecule has 0 unspecified atom stereocenters. The van der Waals surface area contributed by atoms with Crippen LogP contribution >= 0.6 is 22.6 Å². The molecule has 0 aromatic carbocycles. The Labute approximate surface area is 152 Å². The van der Waals surface area contributed by atoms with Crippen LogP contribution in [0, 0.1) is 15.0 Å². The summed E-state index contributed by atoms with van der Waals surface area (Å²) in [4.78, 5) is 0. The molecule has 3 heteroatoms. The third-order valence-corrected chi connectivity index (χ3v) is 12.0. The molecule has 124 valence electrons. The predicted octanol–water partition coefficient (Wildman–Crippen LogP) is 6.42. The van der Waals surface area contributed by atoms with Gasteiger partial charge >= 0.3 is 0 Å². The number of hydrogen-bond acceptors (Lipinski definition) is 0. The fraction of sp³-hybridized carbons (Fsp3) is 0.684. The molecule has 0 atom stereocenters. The molecular formula is C19H32INSi. The van der Waals surface area contributed by atoms with Crippen LogP contribution in [0.4, 0.5) is 0 Å². The lowest BCUT2D eigenvalue weighted by Crippen LogP contribution is -2.43. The molecule has 0 saturated heterocycles. The maximum atomic E-state index is 3.82. The molecule has 0 radical (unpaired) electrons. The van der Waals surface area contributed by atoms with Gasteiger partial charge < -0.3 is 4.57 Å². The summed E-state index contributed by atoms with van der Waals surface area (Å²) >= 11 is 2.42. The summed E-state index contributed by atoms with van der Waals surface area (Å²) in [7, 11) is -1.64. The molecule has 22 heavy (non-hydrogen) atoms. The molecular weight excluding hydrogens is 397 g/mol. The van der Waals surface area contributed by atoms with Crippen molar-refractivity contribution in [3.05, 3.63) is 21.5 Å². The normalized spacial score (nSPS) is 13.0. The van der Waals surface area contributed by atoms with Crippen LogP contribution in [0.15, 0.2) is 12.4 Å². The van der Waals surface area contributed by atoms with Gasteiger partial charge in [0, 0.05) is 21.5 Å². The van der Waals surface area contributed by atoms with E-state index in [9.17, 15) is 0 Å². The quantitative estimate of drug-likeness (QED) is 0.297. The highest BCUT2D eigenvalue weighted by molar-refractivity contribution is 14.1. The molecule has 0 bridgehead atoms. The van der Waals surface area contributed by atoms with Gasteiger partial charge in [-0.2, -0.15) is 0 Å². The van der Waals surface area contributed by atoms with Crippen molar-refractivity contribution in [2.24, 2.45) is 0 Å². The van der Waals surface area contributed by atoms with Crippen LogP contribution in [0.3, 0.4) is 0 Å². The van der Waals surface area contributed by atoms with Crippen LogP contribution in [-0.2, 0) is 5.54 Å².